The van der Waals surface area contributed by atoms with E-state index in [1.165, 1.54) is 0 Å². The lowest BCUT2D eigenvalue weighted by molar-refractivity contribution is -0.120. The molecule has 1 heterocycles. The van der Waals surface area contributed by atoms with E-state index in [9.17, 15) is 4.79 Å². The van der Waals surface area contributed by atoms with E-state index in [0.717, 1.165) is 5.76 Å². The van der Waals surface area contributed by atoms with Crippen LogP contribution in [0.3, 0.4) is 0 Å². The van der Waals surface area contributed by atoms with E-state index in [-0.39, 0.29) is 5.91 Å². The van der Waals surface area contributed by atoms with Crippen LogP contribution >= 0.6 is 11.6 Å². The van der Waals surface area contributed by atoms with Crippen molar-refractivity contribution in [2.24, 2.45) is 0 Å². The lowest BCUT2D eigenvalue weighted by Crippen LogP contribution is -2.24. The predicted molar refractivity (Wildman–Crippen MR) is 54.1 cm³/mol. The van der Waals surface area contributed by atoms with Gasteiger partial charge in [0, 0.05) is 20.0 Å². The molecule has 0 aliphatic rings. The maximum Gasteiger partial charge on any atom is 0.221 e. The van der Waals surface area contributed by atoms with Crippen molar-refractivity contribution in [3.63, 3.8) is 0 Å². The van der Waals surface area contributed by atoms with Crippen LogP contribution in [0.4, 0.5) is 0 Å². The predicted octanol–water partition coefficient (Wildman–Crippen LogP) is 1.16. The van der Waals surface area contributed by atoms with E-state index < -0.39 is 0 Å². The molecule has 1 aromatic rings. The summed E-state index contributed by atoms with van der Waals surface area (Å²) >= 11 is 5.59. The third kappa shape index (κ3) is 3.81. The van der Waals surface area contributed by atoms with Gasteiger partial charge in [-0.2, -0.15) is 0 Å². The molecule has 0 aromatic carbocycles. The van der Waals surface area contributed by atoms with Gasteiger partial charge >= 0.3 is 0 Å². The fourth-order valence-electron chi connectivity index (χ4n) is 0.985. The van der Waals surface area contributed by atoms with Crippen LogP contribution < -0.4 is 10.6 Å². The Balaban J connectivity index is 2.13. The summed E-state index contributed by atoms with van der Waals surface area (Å²) in [6.45, 7) is 1.21. The smallest absolute Gasteiger partial charge is 0.221 e. The van der Waals surface area contributed by atoms with Crippen LogP contribution in [0.25, 0.3) is 0 Å². The number of nitrogens with one attached hydrogen (secondary N) is 2. The summed E-state index contributed by atoms with van der Waals surface area (Å²) in [6.07, 6.45) is 0.463. The number of hydrogen-bond acceptors (Lipinski definition) is 3. The Labute approximate surface area is 87.6 Å². The number of rotatable bonds is 5. The lowest BCUT2D eigenvalue weighted by Gasteiger charge is -2.01. The summed E-state index contributed by atoms with van der Waals surface area (Å²) in [4.78, 5) is 10.8. The first-order chi connectivity index (χ1) is 6.72. The second kappa shape index (κ2) is 5.67. The minimum absolute atomic E-state index is 0.0231. The van der Waals surface area contributed by atoms with Gasteiger partial charge in [0.05, 0.1) is 6.54 Å². The molecule has 14 heavy (non-hydrogen) atoms. The molecule has 78 valence electrons. The van der Waals surface area contributed by atoms with Gasteiger partial charge in [-0.1, -0.05) is 0 Å². The molecule has 0 radical (unpaired) electrons. The Kier molecular flexibility index (Phi) is 4.49. The molecule has 2 N–H and O–H groups in total. The Morgan fingerprint density at radius 3 is 2.93 bits per heavy atom. The van der Waals surface area contributed by atoms with Crippen LogP contribution in [0.1, 0.15) is 12.2 Å². The number of hydrogen-bond donors (Lipinski definition) is 2. The minimum Gasteiger partial charge on any atom is -0.448 e. The molecule has 1 rings (SSSR count). The zero-order valence-corrected chi connectivity index (χ0v) is 8.73. The van der Waals surface area contributed by atoms with Gasteiger partial charge in [-0.15, -0.1) is 0 Å². The van der Waals surface area contributed by atoms with Gasteiger partial charge in [-0.25, -0.2) is 0 Å². The Morgan fingerprint density at radius 1 is 1.57 bits per heavy atom. The van der Waals surface area contributed by atoms with Gasteiger partial charge in [0.25, 0.3) is 0 Å². The summed E-state index contributed by atoms with van der Waals surface area (Å²) < 4.78 is 5.12. The van der Waals surface area contributed by atoms with Gasteiger partial charge in [0.2, 0.25) is 5.91 Å². The molecule has 0 fully saturated rings. The first-order valence-corrected chi connectivity index (χ1v) is 4.75. The zero-order chi connectivity index (χ0) is 10.4. The van der Waals surface area contributed by atoms with Crippen molar-refractivity contribution in [3.8, 4) is 0 Å². The van der Waals surface area contributed by atoms with E-state index >= 15 is 0 Å². The number of amides is 1. The summed E-state index contributed by atoms with van der Waals surface area (Å²) in [5, 5.41) is 5.99. The fraction of sp³-hybridized carbons (Fsp3) is 0.444. The SMILES string of the molecule is CNC(=O)CCNCc1ccc(Cl)o1. The zero-order valence-electron chi connectivity index (χ0n) is 7.97. The highest BCUT2D eigenvalue weighted by Gasteiger charge is 2.00. The number of carbonyl (C=O) groups excluding carboxylic acids is 1. The molecule has 0 spiro atoms. The van der Waals surface area contributed by atoms with E-state index in [2.05, 4.69) is 10.6 Å². The average molecular weight is 217 g/mol. The normalized spacial score (nSPS) is 10.1. The highest BCUT2D eigenvalue weighted by atomic mass is 35.5. The molecule has 1 aromatic heterocycles. The molecule has 0 unspecified atom stereocenters. The van der Waals surface area contributed by atoms with E-state index in [0.29, 0.717) is 24.7 Å². The first-order valence-electron chi connectivity index (χ1n) is 4.38. The Morgan fingerprint density at radius 2 is 2.36 bits per heavy atom. The second-order valence-corrected chi connectivity index (χ2v) is 3.18. The van der Waals surface area contributed by atoms with E-state index in [1.807, 2.05) is 0 Å². The van der Waals surface area contributed by atoms with Crippen molar-refractivity contribution in [2.45, 2.75) is 13.0 Å². The summed E-state index contributed by atoms with van der Waals surface area (Å²) in [7, 11) is 1.62. The van der Waals surface area contributed by atoms with E-state index in [4.69, 9.17) is 16.0 Å². The second-order valence-electron chi connectivity index (χ2n) is 2.81. The van der Waals surface area contributed by atoms with Crippen LogP contribution in [0, 0.1) is 0 Å². The summed E-state index contributed by atoms with van der Waals surface area (Å²) in [5.41, 5.74) is 0. The maximum absolute atomic E-state index is 10.8. The number of halogens is 1. The molecule has 0 saturated carbocycles. The quantitative estimate of drug-likeness (QED) is 0.727. The molecule has 0 bridgehead atoms. The van der Waals surface area contributed by atoms with E-state index in [1.54, 1.807) is 19.2 Å². The Hall–Kier alpha value is -1.00. The lowest BCUT2D eigenvalue weighted by atomic mass is 10.4. The Bertz CT molecular complexity index is 299. The summed E-state index contributed by atoms with van der Waals surface area (Å²) in [5.74, 6) is 0.793. The number of carbonyl (C=O) groups is 1. The van der Waals surface area contributed by atoms with Crippen LogP contribution in [-0.2, 0) is 11.3 Å². The molecule has 0 aliphatic heterocycles. The van der Waals surface area contributed by atoms with Crippen molar-refractivity contribution >= 4 is 17.5 Å². The van der Waals surface area contributed by atoms with Crippen molar-refractivity contribution < 1.29 is 9.21 Å². The number of furan rings is 1. The largest absolute Gasteiger partial charge is 0.448 e. The minimum atomic E-state index is 0.0231. The molecule has 1 amide bonds. The molecular formula is C9H13ClN2O2. The van der Waals surface area contributed by atoms with Crippen LogP contribution in [0.2, 0.25) is 5.22 Å². The average Bonchev–Trinajstić information content (AvgIpc) is 2.58. The fourth-order valence-corrected chi connectivity index (χ4v) is 1.15. The van der Waals surface area contributed by atoms with Gasteiger partial charge in [0.15, 0.2) is 5.22 Å². The van der Waals surface area contributed by atoms with Crippen molar-refractivity contribution in [2.75, 3.05) is 13.6 Å². The molecule has 5 heteroatoms. The van der Waals surface area contributed by atoms with Crippen LogP contribution in [0.5, 0.6) is 0 Å². The standard InChI is InChI=1S/C9H13ClN2O2/c1-11-9(13)4-5-12-6-7-2-3-8(10)14-7/h2-3,12H,4-6H2,1H3,(H,11,13). The summed E-state index contributed by atoms with van der Waals surface area (Å²) in [6, 6.07) is 3.49. The van der Waals surface area contributed by atoms with Crippen LogP contribution in [-0.4, -0.2) is 19.5 Å². The molecule has 0 atom stereocenters. The van der Waals surface area contributed by atoms with Gasteiger partial charge < -0.3 is 15.1 Å². The third-order valence-corrected chi connectivity index (χ3v) is 1.94. The van der Waals surface area contributed by atoms with Crippen molar-refractivity contribution in [3.05, 3.63) is 23.1 Å². The molecule has 4 nitrogen and oxygen atoms in total. The highest BCUT2D eigenvalue weighted by molar-refractivity contribution is 6.28. The van der Waals surface area contributed by atoms with Crippen molar-refractivity contribution in [1.82, 2.24) is 10.6 Å². The van der Waals surface area contributed by atoms with Crippen molar-refractivity contribution in [1.29, 1.82) is 0 Å². The molecular weight excluding hydrogens is 204 g/mol. The van der Waals surface area contributed by atoms with Gasteiger partial charge in [0.1, 0.15) is 5.76 Å². The highest BCUT2D eigenvalue weighted by Crippen LogP contribution is 2.12. The van der Waals surface area contributed by atoms with Crippen LogP contribution in [0.15, 0.2) is 16.5 Å². The topological polar surface area (TPSA) is 54.3 Å². The molecule has 0 saturated heterocycles. The van der Waals surface area contributed by atoms with Gasteiger partial charge in [-0.05, 0) is 23.7 Å². The monoisotopic (exact) mass is 216 g/mol. The third-order valence-electron chi connectivity index (χ3n) is 1.74. The van der Waals surface area contributed by atoms with Gasteiger partial charge in [-0.3, -0.25) is 4.79 Å². The maximum atomic E-state index is 10.8. The first kappa shape index (κ1) is 11.1. The molecule has 0 aliphatic carbocycles.